The van der Waals surface area contributed by atoms with Gasteiger partial charge < -0.3 is 4.90 Å². The summed E-state index contributed by atoms with van der Waals surface area (Å²) in [5, 5.41) is 0. The number of hydrogen-bond acceptors (Lipinski definition) is 3. The Kier molecular flexibility index (Phi) is 3.52. The van der Waals surface area contributed by atoms with Crippen molar-refractivity contribution in [1.29, 1.82) is 0 Å². The largest absolute Gasteiger partial charge is 0.315 e. The third-order valence-corrected chi connectivity index (χ3v) is 3.27. The molecule has 0 atom stereocenters. The molecular formula is C13H16N2O2. The first-order valence-corrected chi connectivity index (χ1v) is 5.88. The molecule has 0 saturated heterocycles. The fourth-order valence-corrected chi connectivity index (χ4v) is 2.16. The van der Waals surface area contributed by atoms with E-state index in [0.29, 0.717) is 25.7 Å². The average molecular weight is 232 g/mol. The van der Waals surface area contributed by atoms with Crippen molar-refractivity contribution in [3.63, 3.8) is 0 Å². The van der Waals surface area contributed by atoms with Crippen LogP contribution >= 0.6 is 0 Å². The van der Waals surface area contributed by atoms with Crippen LogP contribution in [-0.2, 0) is 9.59 Å². The Morgan fingerprint density at radius 1 is 1.29 bits per heavy atom. The van der Waals surface area contributed by atoms with Gasteiger partial charge in [0, 0.05) is 43.9 Å². The highest BCUT2D eigenvalue weighted by molar-refractivity contribution is 5.95. The molecule has 17 heavy (non-hydrogen) atoms. The third-order valence-electron chi connectivity index (χ3n) is 3.27. The number of carbonyl (C=O) groups is 2. The van der Waals surface area contributed by atoms with E-state index in [0.717, 1.165) is 5.69 Å². The molecule has 1 aromatic heterocycles. The minimum atomic E-state index is -0.00846. The molecule has 4 heteroatoms. The lowest BCUT2D eigenvalue weighted by atomic mass is 9.87. The van der Waals surface area contributed by atoms with Gasteiger partial charge in [-0.05, 0) is 25.0 Å². The zero-order chi connectivity index (χ0) is 12.3. The molecule has 0 bridgehead atoms. The Balaban J connectivity index is 2.03. The molecule has 0 aliphatic heterocycles. The summed E-state index contributed by atoms with van der Waals surface area (Å²) >= 11 is 0. The second kappa shape index (κ2) is 5.08. The van der Waals surface area contributed by atoms with Crippen LogP contribution in [0.25, 0.3) is 0 Å². The van der Waals surface area contributed by atoms with E-state index in [9.17, 15) is 9.59 Å². The van der Waals surface area contributed by atoms with Gasteiger partial charge in [-0.1, -0.05) is 0 Å². The van der Waals surface area contributed by atoms with Gasteiger partial charge in [-0.2, -0.15) is 0 Å². The molecule has 1 aliphatic carbocycles. The van der Waals surface area contributed by atoms with Crippen LogP contribution in [0.3, 0.4) is 0 Å². The van der Waals surface area contributed by atoms with Gasteiger partial charge in [0.15, 0.2) is 0 Å². The van der Waals surface area contributed by atoms with Crippen molar-refractivity contribution in [3.05, 3.63) is 24.5 Å². The highest BCUT2D eigenvalue weighted by Gasteiger charge is 2.27. The first kappa shape index (κ1) is 11.8. The van der Waals surface area contributed by atoms with Gasteiger partial charge >= 0.3 is 0 Å². The second-order valence-electron chi connectivity index (χ2n) is 4.42. The van der Waals surface area contributed by atoms with Crippen LogP contribution in [0.4, 0.5) is 5.69 Å². The Bertz CT molecular complexity index is 407. The zero-order valence-corrected chi connectivity index (χ0v) is 9.93. The summed E-state index contributed by atoms with van der Waals surface area (Å²) in [6, 6.07) is 3.62. The van der Waals surface area contributed by atoms with Crippen LogP contribution in [0, 0.1) is 5.92 Å². The van der Waals surface area contributed by atoms with Crippen LogP contribution in [-0.4, -0.2) is 23.7 Å². The van der Waals surface area contributed by atoms with E-state index in [1.165, 1.54) is 0 Å². The summed E-state index contributed by atoms with van der Waals surface area (Å²) in [5.41, 5.74) is 0.849. The third kappa shape index (κ3) is 2.70. The number of anilines is 1. The Hall–Kier alpha value is -1.71. The van der Waals surface area contributed by atoms with Gasteiger partial charge in [-0.3, -0.25) is 14.6 Å². The molecule has 0 aromatic carbocycles. The lowest BCUT2D eigenvalue weighted by Crippen LogP contribution is -2.35. The number of amides is 1. The second-order valence-corrected chi connectivity index (χ2v) is 4.42. The first-order chi connectivity index (χ1) is 8.18. The predicted octanol–water partition coefficient (Wildman–Crippen LogP) is 1.80. The monoisotopic (exact) mass is 232 g/mol. The van der Waals surface area contributed by atoms with Crippen molar-refractivity contribution in [2.24, 2.45) is 5.92 Å². The predicted molar refractivity (Wildman–Crippen MR) is 64.6 cm³/mol. The molecular weight excluding hydrogens is 216 g/mol. The molecule has 0 N–H and O–H groups in total. The number of nitrogens with zero attached hydrogens (tertiary/aromatic N) is 2. The SMILES string of the molecule is CN(C(=O)C1CCC(=O)CC1)c1ccncc1. The fourth-order valence-electron chi connectivity index (χ4n) is 2.16. The molecule has 1 aromatic rings. The van der Waals surface area contributed by atoms with Gasteiger partial charge in [0.05, 0.1) is 0 Å². The summed E-state index contributed by atoms with van der Waals surface area (Å²) < 4.78 is 0. The lowest BCUT2D eigenvalue weighted by Gasteiger charge is -2.25. The van der Waals surface area contributed by atoms with E-state index in [4.69, 9.17) is 0 Å². The summed E-state index contributed by atoms with van der Waals surface area (Å²) in [4.78, 5) is 28.9. The summed E-state index contributed by atoms with van der Waals surface area (Å²) in [6.45, 7) is 0. The maximum Gasteiger partial charge on any atom is 0.229 e. The minimum Gasteiger partial charge on any atom is -0.315 e. The zero-order valence-electron chi connectivity index (χ0n) is 9.93. The molecule has 1 amide bonds. The number of rotatable bonds is 2. The molecule has 1 fully saturated rings. The molecule has 1 saturated carbocycles. The van der Waals surface area contributed by atoms with Crippen LogP contribution in [0.5, 0.6) is 0 Å². The Morgan fingerprint density at radius 3 is 2.47 bits per heavy atom. The summed E-state index contributed by atoms with van der Waals surface area (Å²) in [5.74, 6) is 0.371. The summed E-state index contributed by atoms with van der Waals surface area (Å²) in [7, 11) is 1.77. The first-order valence-electron chi connectivity index (χ1n) is 5.88. The van der Waals surface area contributed by atoms with E-state index in [-0.39, 0.29) is 17.6 Å². The molecule has 1 aliphatic rings. The molecule has 0 radical (unpaired) electrons. The number of hydrogen-bond donors (Lipinski definition) is 0. The highest BCUT2D eigenvalue weighted by atomic mass is 16.2. The van der Waals surface area contributed by atoms with Gasteiger partial charge in [0.1, 0.15) is 5.78 Å². The normalized spacial score (nSPS) is 16.9. The number of Topliss-reactive ketones (excluding diaryl/α,β-unsaturated/α-hetero) is 1. The number of ketones is 1. The van der Waals surface area contributed by atoms with Crippen molar-refractivity contribution in [1.82, 2.24) is 4.98 Å². The average Bonchev–Trinajstić information content (AvgIpc) is 2.39. The van der Waals surface area contributed by atoms with Crippen molar-refractivity contribution in [3.8, 4) is 0 Å². The van der Waals surface area contributed by atoms with Crippen molar-refractivity contribution in [2.45, 2.75) is 25.7 Å². The van der Waals surface area contributed by atoms with Crippen LogP contribution in [0.2, 0.25) is 0 Å². The summed E-state index contributed by atoms with van der Waals surface area (Å²) in [6.07, 6.45) is 5.80. The maximum absolute atomic E-state index is 12.2. The topological polar surface area (TPSA) is 50.3 Å². The van der Waals surface area contributed by atoms with Gasteiger partial charge in [0.25, 0.3) is 0 Å². The molecule has 4 nitrogen and oxygen atoms in total. The molecule has 90 valence electrons. The number of pyridine rings is 1. The van der Waals surface area contributed by atoms with Gasteiger partial charge in [-0.15, -0.1) is 0 Å². The van der Waals surface area contributed by atoms with Gasteiger partial charge in [0.2, 0.25) is 5.91 Å². The van der Waals surface area contributed by atoms with E-state index in [1.54, 1.807) is 24.3 Å². The van der Waals surface area contributed by atoms with Crippen LogP contribution < -0.4 is 4.90 Å². The van der Waals surface area contributed by atoms with Crippen LogP contribution in [0.15, 0.2) is 24.5 Å². The van der Waals surface area contributed by atoms with Crippen molar-refractivity contribution >= 4 is 17.4 Å². The Labute approximate surface area is 101 Å². The fraction of sp³-hybridized carbons (Fsp3) is 0.462. The van der Waals surface area contributed by atoms with Crippen LogP contribution in [0.1, 0.15) is 25.7 Å². The molecule has 0 spiro atoms. The van der Waals surface area contributed by atoms with E-state index < -0.39 is 0 Å². The van der Waals surface area contributed by atoms with E-state index in [2.05, 4.69) is 4.98 Å². The van der Waals surface area contributed by atoms with Crippen molar-refractivity contribution in [2.75, 3.05) is 11.9 Å². The molecule has 2 rings (SSSR count). The quantitative estimate of drug-likeness (QED) is 0.781. The minimum absolute atomic E-state index is 0.00846. The van der Waals surface area contributed by atoms with E-state index in [1.807, 2.05) is 12.1 Å². The number of aromatic nitrogens is 1. The standard InChI is InChI=1S/C13H16N2O2/c1-15(11-6-8-14-9-7-11)13(17)10-2-4-12(16)5-3-10/h6-10H,2-5H2,1H3. The molecule has 0 unspecified atom stereocenters. The van der Waals surface area contributed by atoms with Gasteiger partial charge in [-0.25, -0.2) is 0 Å². The lowest BCUT2D eigenvalue weighted by molar-refractivity contribution is -0.126. The van der Waals surface area contributed by atoms with Crippen molar-refractivity contribution < 1.29 is 9.59 Å². The molecule has 1 heterocycles. The maximum atomic E-state index is 12.2. The Morgan fingerprint density at radius 2 is 1.88 bits per heavy atom. The highest BCUT2D eigenvalue weighted by Crippen LogP contribution is 2.25. The van der Waals surface area contributed by atoms with E-state index >= 15 is 0 Å². The number of carbonyl (C=O) groups excluding carboxylic acids is 2. The smallest absolute Gasteiger partial charge is 0.229 e.